The number of halogens is 2. The van der Waals surface area contributed by atoms with Crippen LogP contribution < -0.4 is 15.0 Å². The molecule has 1 fully saturated rings. The van der Waals surface area contributed by atoms with Crippen molar-refractivity contribution in [3.05, 3.63) is 59.4 Å². The maximum atomic E-state index is 13.7. The Morgan fingerprint density at radius 1 is 1.22 bits per heavy atom. The van der Waals surface area contributed by atoms with Crippen molar-refractivity contribution < 1.29 is 23.4 Å². The molecule has 2 aliphatic heterocycles. The molecular formula is C26H29F2N5O3. The Bertz CT molecular complexity index is 1250. The Morgan fingerprint density at radius 3 is 2.83 bits per heavy atom. The summed E-state index contributed by atoms with van der Waals surface area (Å²) in [5.74, 6) is -2.58. The predicted octanol–water partition coefficient (Wildman–Crippen LogP) is 4.44. The lowest BCUT2D eigenvalue weighted by Gasteiger charge is -2.44. The Labute approximate surface area is 208 Å². The van der Waals surface area contributed by atoms with E-state index in [1.54, 1.807) is 0 Å². The molecule has 3 unspecified atom stereocenters. The van der Waals surface area contributed by atoms with Gasteiger partial charge in [0.2, 0.25) is 0 Å². The number of rotatable bonds is 6. The Balaban J connectivity index is 1.43. The lowest BCUT2D eigenvalue weighted by Crippen LogP contribution is -2.56. The highest BCUT2D eigenvalue weighted by Crippen LogP contribution is 2.39. The lowest BCUT2D eigenvalue weighted by molar-refractivity contribution is 0.0125. The molecule has 2 aromatic heterocycles. The van der Waals surface area contributed by atoms with E-state index >= 15 is 0 Å². The molecule has 8 nitrogen and oxygen atoms in total. The van der Waals surface area contributed by atoms with Gasteiger partial charge in [-0.1, -0.05) is 13.0 Å². The maximum absolute atomic E-state index is 13.7. The molecule has 3 aromatic rings. The van der Waals surface area contributed by atoms with E-state index in [2.05, 4.69) is 32.3 Å². The van der Waals surface area contributed by atoms with E-state index < -0.39 is 17.8 Å². The molecule has 10 heteroatoms. The van der Waals surface area contributed by atoms with Crippen molar-refractivity contribution in [2.45, 2.75) is 51.5 Å². The van der Waals surface area contributed by atoms with Crippen LogP contribution in [0.2, 0.25) is 0 Å². The number of pyridine rings is 1. The van der Waals surface area contributed by atoms with Gasteiger partial charge in [-0.05, 0) is 49.2 Å². The van der Waals surface area contributed by atoms with E-state index in [9.17, 15) is 13.9 Å². The minimum absolute atomic E-state index is 0.00457. The summed E-state index contributed by atoms with van der Waals surface area (Å²) in [5.41, 5.74) is 3.87. The number of ether oxygens (including phenoxy) is 2. The highest BCUT2D eigenvalue weighted by molar-refractivity contribution is 5.73. The fourth-order valence-corrected chi connectivity index (χ4v) is 4.69. The molecule has 2 N–H and O–H groups in total. The first-order valence-electron chi connectivity index (χ1n) is 12.0. The number of aliphatic hydroxyl groups excluding tert-OH is 1. The highest BCUT2D eigenvalue weighted by Gasteiger charge is 2.38. The summed E-state index contributed by atoms with van der Waals surface area (Å²) in [6, 6.07) is 10.4. The average Bonchev–Trinajstić information content (AvgIpc) is 2.88. The summed E-state index contributed by atoms with van der Waals surface area (Å²) in [6.45, 7) is 6.82. The number of fused-ring (bicyclic) bond motifs is 3. The number of hydrogen-bond donors (Lipinski definition) is 2. The second-order valence-corrected chi connectivity index (χ2v) is 9.26. The van der Waals surface area contributed by atoms with Crippen molar-refractivity contribution in [1.82, 2.24) is 15.2 Å². The number of aryl methyl sites for hydroxylation is 1. The highest BCUT2D eigenvalue weighted by atomic mass is 19.3. The maximum Gasteiger partial charge on any atom is 0.286 e. The fourth-order valence-electron chi connectivity index (χ4n) is 4.69. The number of nitrogens with one attached hydrogen (secondary N) is 1. The first-order valence-corrected chi connectivity index (χ1v) is 12.0. The van der Waals surface area contributed by atoms with Crippen molar-refractivity contribution >= 4 is 11.4 Å². The summed E-state index contributed by atoms with van der Waals surface area (Å²) in [5, 5.41) is 22.5. The summed E-state index contributed by atoms with van der Waals surface area (Å²) in [6.07, 6.45) is 0.903. The zero-order valence-corrected chi connectivity index (χ0v) is 20.4. The number of morpholine rings is 1. The van der Waals surface area contributed by atoms with E-state index in [1.807, 2.05) is 31.2 Å². The molecule has 36 heavy (non-hydrogen) atoms. The van der Waals surface area contributed by atoms with Crippen LogP contribution >= 0.6 is 0 Å². The third-order valence-electron chi connectivity index (χ3n) is 6.68. The molecule has 0 aliphatic carbocycles. The third-order valence-corrected chi connectivity index (χ3v) is 6.68. The van der Waals surface area contributed by atoms with Gasteiger partial charge in [0, 0.05) is 36.5 Å². The smallest absolute Gasteiger partial charge is 0.286 e. The molecular weight excluding hydrogens is 468 g/mol. The number of alkyl halides is 2. The Morgan fingerprint density at radius 2 is 2.06 bits per heavy atom. The monoisotopic (exact) mass is 497 g/mol. The minimum atomic E-state index is -3.10. The van der Waals surface area contributed by atoms with Gasteiger partial charge in [-0.15, -0.1) is 10.2 Å². The van der Waals surface area contributed by atoms with Crippen LogP contribution in [-0.2, 0) is 10.7 Å². The molecule has 0 amide bonds. The fraction of sp³-hybridized carbons (Fsp3) is 0.423. The summed E-state index contributed by atoms with van der Waals surface area (Å²) < 4.78 is 39.2. The molecule has 3 atom stereocenters. The van der Waals surface area contributed by atoms with Crippen LogP contribution in [0, 0.1) is 6.92 Å². The van der Waals surface area contributed by atoms with Crippen LogP contribution in [-0.4, -0.2) is 52.2 Å². The number of benzene rings is 1. The standard InChI is InChI=1S/C26H29F2N5O3/c1-4-22-21-14-35-10-9-33(21)20-13-19(31-32-25(20)36-22)18-12-17(6-5-15(18)2)30-24(34)16-7-8-29-23(11-16)26(3,27)28/h5-8,11-13,21-22,24,30,34H,4,9-10,14H2,1-3H3. The van der Waals surface area contributed by atoms with Crippen LogP contribution in [0.5, 0.6) is 5.88 Å². The topological polar surface area (TPSA) is 92.6 Å². The van der Waals surface area contributed by atoms with Crippen molar-refractivity contribution in [3.8, 4) is 17.1 Å². The summed E-state index contributed by atoms with van der Waals surface area (Å²) in [7, 11) is 0. The van der Waals surface area contributed by atoms with E-state index in [-0.39, 0.29) is 12.1 Å². The first-order chi connectivity index (χ1) is 17.2. The SMILES string of the molecule is CCC1Oc2nnc(-c3cc(NC(O)c4ccnc(C(C)(F)F)c4)ccc3C)cc2N2CCOCC12. The molecule has 0 spiro atoms. The zero-order valence-electron chi connectivity index (χ0n) is 20.4. The van der Waals surface area contributed by atoms with Crippen molar-refractivity contribution in [3.63, 3.8) is 0 Å². The molecule has 4 heterocycles. The number of aliphatic hydroxyl groups is 1. The van der Waals surface area contributed by atoms with Crippen LogP contribution in [0.3, 0.4) is 0 Å². The van der Waals surface area contributed by atoms with Crippen molar-refractivity contribution in [2.75, 3.05) is 30.0 Å². The number of nitrogens with zero attached hydrogens (tertiary/aromatic N) is 4. The van der Waals surface area contributed by atoms with Gasteiger partial charge in [-0.3, -0.25) is 4.98 Å². The average molecular weight is 498 g/mol. The molecule has 0 radical (unpaired) electrons. The Hall–Kier alpha value is -3.37. The molecule has 1 saturated heterocycles. The van der Waals surface area contributed by atoms with Gasteiger partial charge in [0.15, 0.2) is 6.23 Å². The van der Waals surface area contributed by atoms with Crippen LogP contribution in [0.25, 0.3) is 11.3 Å². The predicted molar refractivity (Wildman–Crippen MR) is 131 cm³/mol. The van der Waals surface area contributed by atoms with Gasteiger partial charge in [0.1, 0.15) is 17.5 Å². The second-order valence-electron chi connectivity index (χ2n) is 9.26. The van der Waals surface area contributed by atoms with E-state index in [4.69, 9.17) is 9.47 Å². The number of hydrogen-bond acceptors (Lipinski definition) is 8. The largest absolute Gasteiger partial charge is 0.470 e. The van der Waals surface area contributed by atoms with E-state index in [0.29, 0.717) is 36.0 Å². The van der Waals surface area contributed by atoms with Gasteiger partial charge in [-0.25, -0.2) is 0 Å². The summed E-state index contributed by atoms with van der Waals surface area (Å²) >= 11 is 0. The molecule has 2 aliphatic rings. The first kappa shape index (κ1) is 24.3. The quantitative estimate of drug-likeness (QED) is 0.483. The lowest BCUT2D eigenvalue weighted by atomic mass is 10.0. The normalized spacial score (nSPS) is 20.2. The van der Waals surface area contributed by atoms with Gasteiger partial charge >= 0.3 is 0 Å². The van der Waals surface area contributed by atoms with Crippen molar-refractivity contribution in [2.24, 2.45) is 0 Å². The Kier molecular flexibility index (Phi) is 6.48. The van der Waals surface area contributed by atoms with Gasteiger partial charge in [0.25, 0.3) is 11.8 Å². The zero-order chi connectivity index (χ0) is 25.4. The third kappa shape index (κ3) is 4.70. The molecule has 0 bridgehead atoms. The number of aromatic nitrogens is 3. The van der Waals surface area contributed by atoms with Gasteiger partial charge in [-0.2, -0.15) is 8.78 Å². The summed E-state index contributed by atoms with van der Waals surface area (Å²) in [4.78, 5) is 6.01. The van der Waals surface area contributed by atoms with Gasteiger partial charge in [0.05, 0.1) is 24.9 Å². The van der Waals surface area contributed by atoms with Crippen LogP contribution in [0.1, 0.15) is 43.3 Å². The van der Waals surface area contributed by atoms with Crippen molar-refractivity contribution in [1.29, 1.82) is 0 Å². The molecule has 190 valence electrons. The molecule has 1 aromatic carbocycles. The minimum Gasteiger partial charge on any atom is -0.470 e. The van der Waals surface area contributed by atoms with E-state index in [0.717, 1.165) is 36.7 Å². The molecule has 0 saturated carbocycles. The van der Waals surface area contributed by atoms with Crippen LogP contribution in [0.4, 0.5) is 20.2 Å². The van der Waals surface area contributed by atoms with E-state index in [1.165, 1.54) is 18.3 Å². The van der Waals surface area contributed by atoms with Crippen LogP contribution in [0.15, 0.2) is 42.6 Å². The number of anilines is 2. The molecule has 5 rings (SSSR count). The van der Waals surface area contributed by atoms with Gasteiger partial charge < -0.3 is 24.8 Å². The second kappa shape index (κ2) is 9.59.